The Hall–Kier alpha value is -0.770. The molecule has 0 fully saturated rings. The lowest BCUT2D eigenvalue weighted by Gasteiger charge is -2.07. The second-order valence-corrected chi connectivity index (χ2v) is 5.00. The van der Waals surface area contributed by atoms with Crippen molar-refractivity contribution in [1.82, 2.24) is 0 Å². The molecule has 0 unspecified atom stereocenters. The topological polar surface area (TPSA) is 52.6 Å². The van der Waals surface area contributed by atoms with Crippen LogP contribution in [0.1, 0.15) is 65.2 Å². The average Bonchev–Trinajstić information content (AvgIpc) is 2.32. The van der Waals surface area contributed by atoms with Crippen molar-refractivity contribution in [2.75, 3.05) is 6.07 Å². The number of rotatable bonds is 11. The first kappa shape index (κ1) is 18.2. The van der Waals surface area contributed by atoms with Crippen molar-refractivity contribution in [3.05, 3.63) is 0 Å². The van der Waals surface area contributed by atoms with Crippen molar-refractivity contribution >= 4 is 23.5 Å². The summed E-state index contributed by atoms with van der Waals surface area (Å²) in [7, 11) is 0. The molecule has 0 aromatic rings. The summed E-state index contributed by atoms with van der Waals surface area (Å²) in [6.45, 7) is 3.71. The average molecular weight is 293 g/mol. The Morgan fingerprint density at radius 2 is 1.37 bits per heavy atom. The molecule has 0 aliphatic carbocycles. The maximum absolute atomic E-state index is 11.2. The molecule has 0 heterocycles. The van der Waals surface area contributed by atoms with Gasteiger partial charge >= 0.3 is 11.9 Å². The predicted molar refractivity (Wildman–Crippen MR) is 75.0 cm³/mol. The summed E-state index contributed by atoms with van der Waals surface area (Å²) in [6, 6.07) is -0.0642. The molecule has 0 aliphatic rings. The minimum Gasteiger partial charge on any atom is -0.463 e. The van der Waals surface area contributed by atoms with Crippen LogP contribution < -0.4 is 0 Å². The number of hydrogen-bond donors (Lipinski definition) is 0. The molecule has 0 N–H and O–H groups in total. The number of alkyl halides is 1. The number of hydrogen-bond acceptors (Lipinski definition) is 4. The first-order valence-corrected chi connectivity index (χ1v) is 7.50. The smallest absolute Gasteiger partial charge is 0.306 e. The first-order chi connectivity index (χ1) is 9.06. The highest BCUT2D eigenvalue weighted by Gasteiger charge is 2.05. The van der Waals surface area contributed by atoms with E-state index in [2.05, 4.69) is 4.74 Å². The Labute approximate surface area is 120 Å². The fourth-order valence-corrected chi connectivity index (χ4v) is 1.82. The van der Waals surface area contributed by atoms with Crippen LogP contribution in [-0.2, 0) is 19.1 Å². The number of carbonyl (C=O) groups is 2. The Kier molecular flexibility index (Phi) is 11.8. The van der Waals surface area contributed by atoms with Gasteiger partial charge in [0.25, 0.3) is 0 Å². The molecule has 0 bridgehead atoms. The van der Waals surface area contributed by atoms with E-state index in [1.165, 1.54) is 0 Å². The van der Waals surface area contributed by atoms with Crippen LogP contribution in [0.4, 0.5) is 0 Å². The lowest BCUT2D eigenvalue weighted by atomic mass is 10.1. The zero-order chi connectivity index (χ0) is 14.5. The van der Waals surface area contributed by atoms with Crippen LogP contribution >= 0.6 is 11.6 Å². The summed E-state index contributed by atoms with van der Waals surface area (Å²) in [6.07, 6.45) is 6.82. The summed E-state index contributed by atoms with van der Waals surface area (Å²) in [5.41, 5.74) is 0. The van der Waals surface area contributed by atoms with E-state index in [1.54, 1.807) is 0 Å². The molecule has 0 aromatic heterocycles. The Bertz CT molecular complexity index is 254. The number of ether oxygens (including phenoxy) is 2. The highest BCUT2D eigenvalue weighted by molar-refractivity contribution is 6.17. The molecule has 0 amide bonds. The second-order valence-electron chi connectivity index (χ2n) is 4.79. The molecule has 19 heavy (non-hydrogen) atoms. The third-order valence-electron chi connectivity index (χ3n) is 2.59. The van der Waals surface area contributed by atoms with Crippen molar-refractivity contribution in [2.45, 2.75) is 71.3 Å². The molecular formula is C14H25ClO4. The van der Waals surface area contributed by atoms with E-state index in [0.29, 0.717) is 12.8 Å². The largest absolute Gasteiger partial charge is 0.463 e. The standard InChI is InChI=1S/C14H25ClO4/c1-12(2)19-14(17)10-8-6-4-3-5-7-9-13(16)18-11-15/h12H,3-11H2,1-2H3. The zero-order valence-electron chi connectivity index (χ0n) is 12.0. The number of esters is 2. The summed E-state index contributed by atoms with van der Waals surface area (Å²) in [5, 5.41) is 0. The number of unbranched alkanes of at least 4 members (excludes halogenated alkanes) is 5. The third kappa shape index (κ3) is 13.5. The highest BCUT2D eigenvalue weighted by Crippen LogP contribution is 2.10. The van der Waals surface area contributed by atoms with Crippen molar-refractivity contribution in [3.63, 3.8) is 0 Å². The van der Waals surface area contributed by atoms with E-state index in [4.69, 9.17) is 16.3 Å². The van der Waals surface area contributed by atoms with Gasteiger partial charge < -0.3 is 9.47 Å². The molecule has 0 aromatic carbocycles. The fraction of sp³-hybridized carbons (Fsp3) is 0.857. The van der Waals surface area contributed by atoms with E-state index in [1.807, 2.05) is 13.8 Å². The van der Waals surface area contributed by atoms with Crippen LogP contribution in [-0.4, -0.2) is 24.1 Å². The molecule has 0 radical (unpaired) electrons. The summed E-state index contributed by atoms with van der Waals surface area (Å²) < 4.78 is 9.66. The molecular weight excluding hydrogens is 268 g/mol. The van der Waals surface area contributed by atoms with Crippen LogP contribution in [0.5, 0.6) is 0 Å². The summed E-state index contributed by atoms with van der Waals surface area (Å²) in [5.74, 6) is -0.342. The Morgan fingerprint density at radius 1 is 0.895 bits per heavy atom. The summed E-state index contributed by atoms with van der Waals surface area (Å²) in [4.78, 5) is 22.2. The van der Waals surface area contributed by atoms with Gasteiger partial charge in [0, 0.05) is 12.8 Å². The SMILES string of the molecule is CC(C)OC(=O)CCCCCCCCC(=O)OCCl. The number of carbonyl (C=O) groups excluding carboxylic acids is 2. The number of halogens is 1. The minimum absolute atomic E-state index is 0.0276. The predicted octanol–water partition coefficient (Wildman–Crippen LogP) is 3.80. The van der Waals surface area contributed by atoms with Gasteiger partial charge in [0.05, 0.1) is 6.10 Å². The third-order valence-corrected chi connectivity index (χ3v) is 2.70. The monoisotopic (exact) mass is 292 g/mol. The van der Waals surface area contributed by atoms with Crippen molar-refractivity contribution in [3.8, 4) is 0 Å². The van der Waals surface area contributed by atoms with Crippen LogP contribution in [0.15, 0.2) is 0 Å². The molecule has 0 saturated heterocycles. The maximum atomic E-state index is 11.2. The maximum Gasteiger partial charge on any atom is 0.306 e. The van der Waals surface area contributed by atoms with Crippen molar-refractivity contribution < 1.29 is 19.1 Å². The normalized spacial score (nSPS) is 10.5. The van der Waals surface area contributed by atoms with Crippen molar-refractivity contribution in [1.29, 1.82) is 0 Å². The van der Waals surface area contributed by atoms with E-state index >= 15 is 0 Å². The highest BCUT2D eigenvalue weighted by atomic mass is 35.5. The van der Waals surface area contributed by atoms with Crippen LogP contribution in [0.3, 0.4) is 0 Å². The molecule has 0 rings (SSSR count). The zero-order valence-corrected chi connectivity index (χ0v) is 12.7. The van der Waals surface area contributed by atoms with E-state index < -0.39 is 0 Å². The van der Waals surface area contributed by atoms with Gasteiger partial charge in [0.15, 0.2) is 6.07 Å². The minimum atomic E-state index is -0.230. The van der Waals surface area contributed by atoms with Gasteiger partial charge in [-0.25, -0.2) is 0 Å². The van der Waals surface area contributed by atoms with Gasteiger partial charge in [-0.3, -0.25) is 9.59 Å². The van der Waals surface area contributed by atoms with Crippen LogP contribution in [0, 0.1) is 0 Å². The lowest BCUT2D eigenvalue weighted by molar-refractivity contribution is -0.147. The van der Waals surface area contributed by atoms with Gasteiger partial charge in [0.1, 0.15) is 0 Å². The molecule has 0 aliphatic heterocycles. The van der Waals surface area contributed by atoms with Gasteiger partial charge in [-0.2, -0.15) is 0 Å². The van der Waals surface area contributed by atoms with E-state index in [0.717, 1.165) is 38.5 Å². The van der Waals surface area contributed by atoms with Gasteiger partial charge in [-0.1, -0.05) is 37.3 Å². The van der Waals surface area contributed by atoms with E-state index in [-0.39, 0.29) is 24.1 Å². The second kappa shape index (κ2) is 12.3. The van der Waals surface area contributed by atoms with Gasteiger partial charge in [-0.05, 0) is 26.7 Å². The molecule has 0 atom stereocenters. The van der Waals surface area contributed by atoms with Gasteiger partial charge in [0.2, 0.25) is 0 Å². The van der Waals surface area contributed by atoms with Gasteiger partial charge in [-0.15, -0.1) is 0 Å². The molecule has 4 nitrogen and oxygen atoms in total. The quantitative estimate of drug-likeness (QED) is 0.330. The van der Waals surface area contributed by atoms with Crippen molar-refractivity contribution in [2.24, 2.45) is 0 Å². The molecule has 5 heteroatoms. The molecule has 0 spiro atoms. The molecule has 112 valence electrons. The first-order valence-electron chi connectivity index (χ1n) is 6.97. The summed E-state index contributed by atoms with van der Waals surface area (Å²) >= 11 is 5.27. The van der Waals surface area contributed by atoms with E-state index in [9.17, 15) is 9.59 Å². The van der Waals surface area contributed by atoms with Crippen LogP contribution in [0.2, 0.25) is 0 Å². The Balaban J connectivity index is 3.23. The fourth-order valence-electron chi connectivity index (χ4n) is 1.70. The Morgan fingerprint density at radius 3 is 1.84 bits per heavy atom. The lowest BCUT2D eigenvalue weighted by Crippen LogP contribution is -2.10. The van der Waals surface area contributed by atoms with Crippen LogP contribution in [0.25, 0.3) is 0 Å². The molecule has 0 saturated carbocycles.